The van der Waals surface area contributed by atoms with Gasteiger partial charge in [-0.25, -0.2) is 0 Å². The molecule has 0 aliphatic rings. The van der Waals surface area contributed by atoms with Crippen molar-refractivity contribution in [2.24, 2.45) is 5.73 Å². The summed E-state index contributed by atoms with van der Waals surface area (Å²) in [4.78, 5) is 0. The van der Waals surface area contributed by atoms with E-state index in [4.69, 9.17) is 5.73 Å². The minimum atomic E-state index is 0.384. The molecule has 0 aliphatic carbocycles. The predicted octanol–water partition coefficient (Wildman–Crippen LogP) is 1.18. The van der Waals surface area contributed by atoms with E-state index in [0.717, 1.165) is 12.8 Å². The molecule has 1 unspecified atom stereocenters. The molecule has 0 saturated heterocycles. The number of aromatic nitrogens is 2. The third kappa shape index (κ3) is 2.05. The summed E-state index contributed by atoms with van der Waals surface area (Å²) in [6, 6.07) is 2.31. The molecule has 11 heavy (non-hydrogen) atoms. The number of hydrogen-bond donors (Lipinski definition) is 1. The largest absolute Gasteiger partial charge is 0.328 e. The van der Waals surface area contributed by atoms with Gasteiger partial charge >= 0.3 is 0 Å². The SMILES string of the molecule is CCCC(CN)n1cccn1. The minimum absolute atomic E-state index is 0.384. The van der Waals surface area contributed by atoms with E-state index >= 15 is 0 Å². The molecule has 0 saturated carbocycles. The normalized spacial score (nSPS) is 13.3. The van der Waals surface area contributed by atoms with Crippen LogP contribution in [0, 0.1) is 0 Å². The molecule has 0 bridgehead atoms. The first-order valence-electron chi connectivity index (χ1n) is 4.07. The van der Waals surface area contributed by atoms with Crippen molar-refractivity contribution in [1.82, 2.24) is 9.78 Å². The molecule has 62 valence electrons. The molecule has 1 atom stereocenters. The van der Waals surface area contributed by atoms with E-state index in [1.165, 1.54) is 0 Å². The molecule has 3 heteroatoms. The highest BCUT2D eigenvalue weighted by atomic mass is 15.3. The van der Waals surface area contributed by atoms with Gasteiger partial charge in [0.25, 0.3) is 0 Å². The first-order valence-corrected chi connectivity index (χ1v) is 4.07. The Balaban J connectivity index is 2.56. The molecule has 2 N–H and O–H groups in total. The van der Waals surface area contributed by atoms with Crippen molar-refractivity contribution in [2.45, 2.75) is 25.8 Å². The highest BCUT2D eigenvalue weighted by Gasteiger charge is 2.05. The van der Waals surface area contributed by atoms with Gasteiger partial charge in [0, 0.05) is 18.9 Å². The lowest BCUT2D eigenvalue weighted by Gasteiger charge is -2.13. The van der Waals surface area contributed by atoms with Crippen molar-refractivity contribution in [3.05, 3.63) is 18.5 Å². The van der Waals surface area contributed by atoms with Crippen molar-refractivity contribution in [1.29, 1.82) is 0 Å². The molecular formula is C8H15N3. The van der Waals surface area contributed by atoms with E-state index in [0.29, 0.717) is 12.6 Å². The van der Waals surface area contributed by atoms with Crippen LogP contribution in [0.15, 0.2) is 18.5 Å². The standard InChI is InChI=1S/C8H15N3/c1-2-4-8(7-9)11-6-3-5-10-11/h3,5-6,8H,2,4,7,9H2,1H3. The first kappa shape index (κ1) is 8.27. The average Bonchev–Trinajstić information content (AvgIpc) is 2.52. The van der Waals surface area contributed by atoms with Crippen LogP contribution in [0.5, 0.6) is 0 Å². The van der Waals surface area contributed by atoms with Gasteiger partial charge < -0.3 is 5.73 Å². The average molecular weight is 153 g/mol. The van der Waals surface area contributed by atoms with Gasteiger partial charge in [-0.05, 0) is 12.5 Å². The van der Waals surface area contributed by atoms with Crippen LogP contribution in [-0.2, 0) is 0 Å². The van der Waals surface area contributed by atoms with E-state index in [9.17, 15) is 0 Å². The van der Waals surface area contributed by atoms with Crippen molar-refractivity contribution < 1.29 is 0 Å². The van der Waals surface area contributed by atoms with Crippen LogP contribution in [0.25, 0.3) is 0 Å². The Morgan fingerprint density at radius 2 is 2.45 bits per heavy atom. The topological polar surface area (TPSA) is 43.8 Å². The Morgan fingerprint density at radius 1 is 1.64 bits per heavy atom. The molecular weight excluding hydrogens is 138 g/mol. The zero-order chi connectivity index (χ0) is 8.10. The quantitative estimate of drug-likeness (QED) is 0.706. The van der Waals surface area contributed by atoms with Crippen LogP contribution in [0.4, 0.5) is 0 Å². The van der Waals surface area contributed by atoms with Crippen LogP contribution in [-0.4, -0.2) is 16.3 Å². The zero-order valence-electron chi connectivity index (χ0n) is 6.90. The number of hydrogen-bond acceptors (Lipinski definition) is 2. The van der Waals surface area contributed by atoms with E-state index in [1.54, 1.807) is 6.20 Å². The maximum atomic E-state index is 5.59. The number of rotatable bonds is 4. The lowest BCUT2D eigenvalue weighted by atomic mass is 10.2. The summed E-state index contributed by atoms with van der Waals surface area (Å²) in [7, 11) is 0. The Morgan fingerprint density at radius 3 is 2.91 bits per heavy atom. The van der Waals surface area contributed by atoms with Crippen LogP contribution in [0.2, 0.25) is 0 Å². The second kappa shape index (κ2) is 4.13. The Kier molecular flexibility index (Phi) is 3.11. The van der Waals surface area contributed by atoms with Crippen molar-refractivity contribution in [2.75, 3.05) is 6.54 Å². The fourth-order valence-corrected chi connectivity index (χ4v) is 1.19. The second-order valence-electron chi connectivity index (χ2n) is 2.66. The molecule has 1 rings (SSSR count). The fourth-order valence-electron chi connectivity index (χ4n) is 1.19. The Labute approximate surface area is 67.2 Å². The summed E-state index contributed by atoms with van der Waals surface area (Å²) in [5.74, 6) is 0. The Hall–Kier alpha value is -0.830. The Bertz CT molecular complexity index is 181. The van der Waals surface area contributed by atoms with Crippen LogP contribution >= 0.6 is 0 Å². The van der Waals surface area contributed by atoms with E-state index in [1.807, 2.05) is 16.9 Å². The van der Waals surface area contributed by atoms with E-state index in [-0.39, 0.29) is 0 Å². The maximum absolute atomic E-state index is 5.59. The van der Waals surface area contributed by atoms with Gasteiger partial charge in [-0.15, -0.1) is 0 Å². The molecule has 3 nitrogen and oxygen atoms in total. The molecule has 0 amide bonds. The van der Waals surface area contributed by atoms with E-state index in [2.05, 4.69) is 12.0 Å². The molecule has 0 spiro atoms. The summed E-state index contributed by atoms with van der Waals surface area (Å²) >= 11 is 0. The molecule has 1 aromatic heterocycles. The monoisotopic (exact) mass is 153 g/mol. The number of nitrogens with two attached hydrogens (primary N) is 1. The lowest BCUT2D eigenvalue weighted by molar-refractivity contribution is 0.429. The van der Waals surface area contributed by atoms with Gasteiger partial charge in [0.15, 0.2) is 0 Å². The third-order valence-electron chi connectivity index (χ3n) is 1.79. The van der Waals surface area contributed by atoms with Crippen molar-refractivity contribution >= 4 is 0 Å². The summed E-state index contributed by atoms with van der Waals surface area (Å²) in [6.07, 6.45) is 6.02. The highest BCUT2D eigenvalue weighted by molar-refractivity contribution is 4.81. The molecule has 1 aromatic rings. The summed E-state index contributed by atoms with van der Waals surface area (Å²) in [5, 5.41) is 4.14. The third-order valence-corrected chi connectivity index (χ3v) is 1.79. The van der Waals surface area contributed by atoms with Gasteiger partial charge in [-0.1, -0.05) is 13.3 Å². The summed E-state index contributed by atoms with van der Waals surface area (Å²) < 4.78 is 1.93. The predicted molar refractivity (Wildman–Crippen MR) is 45.2 cm³/mol. The van der Waals surface area contributed by atoms with Gasteiger partial charge in [-0.2, -0.15) is 5.10 Å². The molecule has 0 aromatic carbocycles. The number of nitrogens with zero attached hydrogens (tertiary/aromatic N) is 2. The van der Waals surface area contributed by atoms with Crippen LogP contribution < -0.4 is 5.73 Å². The maximum Gasteiger partial charge on any atom is 0.0641 e. The molecule has 1 heterocycles. The minimum Gasteiger partial charge on any atom is -0.328 e. The van der Waals surface area contributed by atoms with Gasteiger partial charge in [0.05, 0.1) is 6.04 Å². The molecule has 0 aliphatic heterocycles. The van der Waals surface area contributed by atoms with Gasteiger partial charge in [0.2, 0.25) is 0 Å². The molecule has 0 radical (unpaired) electrons. The van der Waals surface area contributed by atoms with Crippen molar-refractivity contribution in [3.63, 3.8) is 0 Å². The second-order valence-corrected chi connectivity index (χ2v) is 2.66. The van der Waals surface area contributed by atoms with Crippen LogP contribution in [0.1, 0.15) is 25.8 Å². The van der Waals surface area contributed by atoms with Crippen molar-refractivity contribution in [3.8, 4) is 0 Å². The van der Waals surface area contributed by atoms with E-state index < -0.39 is 0 Å². The van der Waals surface area contributed by atoms with Crippen LogP contribution in [0.3, 0.4) is 0 Å². The zero-order valence-corrected chi connectivity index (χ0v) is 6.90. The van der Waals surface area contributed by atoms with Gasteiger partial charge in [0.1, 0.15) is 0 Å². The smallest absolute Gasteiger partial charge is 0.0641 e. The fraction of sp³-hybridized carbons (Fsp3) is 0.625. The van der Waals surface area contributed by atoms with Gasteiger partial charge in [-0.3, -0.25) is 4.68 Å². The highest BCUT2D eigenvalue weighted by Crippen LogP contribution is 2.09. The first-order chi connectivity index (χ1) is 5.38. The summed E-state index contributed by atoms with van der Waals surface area (Å²) in [6.45, 7) is 2.84. The lowest BCUT2D eigenvalue weighted by Crippen LogP contribution is -2.19. The summed E-state index contributed by atoms with van der Waals surface area (Å²) in [5.41, 5.74) is 5.59. The molecule has 0 fully saturated rings.